The van der Waals surface area contributed by atoms with Gasteiger partial charge < -0.3 is 0 Å². The molecule has 0 saturated carbocycles. The fraction of sp³-hybridized carbons (Fsp3) is 0.500. The normalized spacial score (nSPS) is 13.5. The quantitative estimate of drug-likeness (QED) is 0.914. The summed E-state index contributed by atoms with van der Waals surface area (Å²) < 4.78 is 1.76. The average Bonchev–Trinajstić information content (AvgIpc) is 2.56. The standard InChI is InChI=1S/C12H16ClN3O/c1-4-9(7(2)3)16-10-5-8(13)6-14-11(10)15-12(16)17/h5-7,9H,4H2,1-3H3,(H,14,15,17). The molecule has 0 radical (unpaired) electrons. The third-order valence-electron chi connectivity index (χ3n) is 3.06. The van der Waals surface area contributed by atoms with Crippen molar-refractivity contribution in [3.63, 3.8) is 0 Å². The Hall–Kier alpha value is -1.29. The molecule has 0 saturated heterocycles. The summed E-state index contributed by atoms with van der Waals surface area (Å²) in [6, 6.07) is 1.95. The molecule has 5 heteroatoms. The third-order valence-corrected chi connectivity index (χ3v) is 3.26. The molecule has 2 heterocycles. The largest absolute Gasteiger partial charge is 0.327 e. The molecule has 2 rings (SSSR count). The number of pyridine rings is 1. The van der Waals surface area contributed by atoms with Gasteiger partial charge in [-0.2, -0.15) is 0 Å². The van der Waals surface area contributed by atoms with Crippen LogP contribution < -0.4 is 5.69 Å². The average molecular weight is 254 g/mol. The van der Waals surface area contributed by atoms with Crippen molar-refractivity contribution in [2.24, 2.45) is 5.92 Å². The molecule has 0 aromatic carbocycles. The van der Waals surface area contributed by atoms with Gasteiger partial charge in [-0.25, -0.2) is 9.78 Å². The second-order valence-corrected chi connectivity index (χ2v) is 4.98. The van der Waals surface area contributed by atoms with Crippen LogP contribution in [0.25, 0.3) is 11.2 Å². The summed E-state index contributed by atoms with van der Waals surface area (Å²) in [5, 5.41) is 0.545. The zero-order valence-corrected chi connectivity index (χ0v) is 11.0. The number of aromatic nitrogens is 3. The smallest absolute Gasteiger partial charge is 0.290 e. The van der Waals surface area contributed by atoms with E-state index >= 15 is 0 Å². The molecule has 2 aromatic rings. The molecule has 0 aliphatic rings. The van der Waals surface area contributed by atoms with Crippen molar-refractivity contribution in [3.8, 4) is 0 Å². The van der Waals surface area contributed by atoms with E-state index in [9.17, 15) is 4.79 Å². The first kappa shape index (κ1) is 12.2. The van der Waals surface area contributed by atoms with Gasteiger partial charge in [0, 0.05) is 12.2 Å². The van der Waals surface area contributed by atoms with Crippen LogP contribution >= 0.6 is 11.6 Å². The Bertz CT molecular complexity index is 585. The van der Waals surface area contributed by atoms with E-state index in [2.05, 4.69) is 30.7 Å². The van der Waals surface area contributed by atoms with E-state index in [0.29, 0.717) is 16.6 Å². The fourth-order valence-electron chi connectivity index (χ4n) is 2.26. The second kappa shape index (κ2) is 4.53. The number of hydrogen-bond acceptors (Lipinski definition) is 2. The summed E-state index contributed by atoms with van der Waals surface area (Å²) >= 11 is 5.94. The van der Waals surface area contributed by atoms with E-state index in [1.165, 1.54) is 0 Å². The summed E-state index contributed by atoms with van der Waals surface area (Å²) in [4.78, 5) is 18.9. The van der Waals surface area contributed by atoms with E-state index in [4.69, 9.17) is 11.6 Å². The van der Waals surface area contributed by atoms with E-state index in [1.54, 1.807) is 16.8 Å². The Morgan fingerprint density at radius 3 is 2.82 bits per heavy atom. The van der Waals surface area contributed by atoms with Crippen LogP contribution in [-0.2, 0) is 0 Å². The topological polar surface area (TPSA) is 50.7 Å². The minimum atomic E-state index is -0.115. The highest BCUT2D eigenvalue weighted by molar-refractivity contribution is 6.31. The Morgan fingerprint density at radius 1 is 1.53 bits per heavy atom. The maximum Gasteiger partial charge on any atom is 0.327 e. The van der Waals surface area contributed by atoms with Crippen LogP contribution in [0, 0.1) is 5.92 Å². The summed E-state index contributed by atoms with van der Waals surface area (Å²) in [5.74, 6) is 0.385. The number of nitrogens with zero attached hydrogens (tertiary/aromatic N) is 2. The van der Waals surface area contributed by atoms with E-state index in [1.807, 2.05) is 0 Å². The van der Waals surface area contributed by atoms with Gasteiger partial charge >= 0.3 is 5.69 Å². The van der Waals surface area contributed by atoms with E-state index in [-0.39, 0.29) is 11.7 Å². The second-order valence-electron chi connectivity index (χ2n) is 4.54. The van der Waals surface area contributed by atoms with Gasteiger partial charge in [-0.15, -0.1) is 0 Å². The Kier molecular flexibility index (Phi) is 3.24. The van der Waals surface area contributed by atoms with E-state index in [0.717, 1.165) is 11.9 Å². The van der Waals surface area contributed by atoms with Crippen LogP contribution in [-0.4, -0.2) is 14.5 Å². The molecule has 0 amide bonds. The minimum absolute atomic E-state index is 0.115. The summed E-state index contributed by atoms with van der Waals surface area (Å²) in [5.41, 5.74) is 1.26. The first-order chi connectivity index (χ1) is 8.04. The molecule has 0 bridgehead atoms. The fourth-order valence-corrected chi connectivity index (χ4v) is 2.41. The molecule has 2 aromatic heterocycles. The molecule has 0 aliphatic carbocycles. The highest BCUT2D eigenvalue weighted by atomic mass is 35.5. The molecule has 4 nitrogen and oxygen atoms in total. The monoisotopic (exact) mass is 253 g/mol. The minimum Gasteiger partial charge on any atom is -0.290 e. The molecular weight excluding hydrogens is 238 g/mol. The van der Waals surface area contributed by atoms with Gasteiger partial charge in [-0.1, -0.05) is 32.4 Å². The molecule has 1 unspecified atom stereocenters. The predicted octanol–water partition coefficient (Wildman–Crippen LogP) is 2.99. The highest BCUT2D eigenvalue weighted by Crippen LogP contribution is 2.24. The van der Waals surface area contributed by atoms with Gasteiger partial charge in [0.2, 0.25) is 0 Å². The van der Waals surface area contributed by atoms with Gasteiger partial charge in [-0.05, 0) is 18.4 Å². The third kappa shape index (κ3) is 2.09. The molecule has 0 fully saturated rings. The van der Waals surface area contributed by atoms with Crippen molar-refractivity contribution < 1.29 is 0 Å². The number of fused-ring (bicyclic) bond motifs is 1. The maximum absolute atomic E-state index is 12.0. The van der Waals surface area contributed by atoms with Crippen LogP contribution in [0.4, 0.5) is 0 Å². The summed E-state index contributed by atoms with van der Waals surface area (Å²) in [7, 11) is 0. The Morgan fingerprint density at radius 2 is 2.24 bits per heavy atom. The maximum atomic E-state index is 12.0. The van der Waals surface area contributed by atoms with Crippen molar-refractivity contribution >= 4 is 22.8 Å². The first-order valence-corrected chi connectivity index (χ1v) is 6.18. The zero-order valence-electron chi connectivity index (χ0n) is 10.2. The van der Waals surface area contributed by atoms with Crippen LogP contribution in [0.3, 0.4) is 0 Å². The molecule has 1 N–H and O–H groups in total. The van der Waals surface area contributed by atoms with Crippen molar-refractivity contribution in [1.82, 2.24) is 14.5 Å². The summed E-state index contributed by atoms with van der Waals surface area (Å²) in [6.45, 7) is 6.29. The van der Waals surface area contributed by atoms with Gasteiger partial charge in [0.25, 0.3) is 0 Å². The summed E-state index contributed by atoms with van der Waals surface area (Å²) in [6.07, 6.45) is 2.44. The lowest BCUT2D eigenvalue weighted by Gasteiger charge is -2.20. The van der Waals surface area contributed by atoms with Crippen LogP contribution in [0.1, 0.15) is 33.2 Å². The van der Waals surface area contributed by atoms with Crippen LogP contribution in [0.15, 0.2) is 17.1 Å². The lowest BCUT2D eigenvalue weighted by molar-refractivity contribution is 0.366. The molecular formula is C12H16ClN3O. The van der Waals surface area contributed by atoms with Crippen LogP contribution in [0.2, 0.25) is 5.02 Å². The van der Waals surface area contributed by atoms with Gasteiger partial charge in [0.05, 0.1) is 10.5 Å². The number of imidazole rings is 1. The molecule has 0 spiro atoms. The molecule has 92 valence electrons. The van der Waals surface area contributed by atoms with Crippen LogP contribution in [0.5, 0.6) is 0 Å². The number of aromatic amines is 1. The Balaban J connectivity index is 2.70. The van der Waals surface area contributed by atoms with Gasteiger partial charge in [0.15, 0.2) is 5.65 Å². The molecule has 17 heavy (non-hydrogen) atoms. The van der Waals surface area contributed by atoms with Gasteiger partial charge in [0.1, 0.15) is 0 Å². The lowest BCUT2D eigenvalue weighted by Crippen LogP contribution is -2.25. The number of rotatable bonds is 3. The highest BCUT2D eigenvalue weighted by Gasteiger charge is 2.19. The molecule has 0 aliphatic heterocycles. The first-order valence-electron chi connectivity index (χ1n) is 5.80. The Labute approximate surface area is 105 Å². The number of H-pyrrole nitrogens is 1. The van der Waals surface area contributed by atoms with Crippen molar-refractivity contribution in [2.75, 3.05) is 0 Å². The number of hydrogen-bond donors (Lipinski definition) is 1. The number of nitrogens with one attached hydrogen (secondary N) is 1. The molecule has 1 atom stereocenters. The van der Waals surface area contributed by atoms with Crippen molar-refractivity contribution in [1.29, 1.82) is 0 Å². The van der Waals surface area contributed by atoms with Crippen molar-refractivity contribution in [2.45, 2.75) is 33.2 Å². The predicted molar refractivity (Wildman–Crippen MR) is 69.5 cm³/mol. The lowest BCUT2D eigenvalue weighted by atomic mass is 10.0. The number of halogens is 1. The van der Waals surface area contributed by atoms with E-state index < -0.39 is 0 Å². The SMILES string of the molecule is CCC(C(C)C)n1c(=O)[nH]c2ncc(Cl)cc21. The van der Waals surface area contributed by atoms with Crippen molar-refractivity contribution in [3.05, 3.63) is 27.8 Å². The van der Waals surface area contributed by atoms with Gasteiger partial charge in [-0.3, -0.25) is 9.55 Å². The zero-order chi connectivity index (χ0) is 12.6.